The summed E-state index contributed by atoms with van der Waals surface area (Å²) in [6.07, 6.45) is 0.950. The Bertz CT molecular complexity index is 1020. The van der Waals surface area contributed by atoms with Crippen LogP contribution >= 0.6 is 0 Å². The van der Waals surface area contributed by atoms with Crippen molar-refractivity contribution in [2.75, 3.05) is 24.2 Å². The van der Waals surface area contributed by atoms with Crippen LogP contribution < -0.4 is 10.1 Å². The van der Waals surface area contributed by atoms with Crippen molar-refractivity contribution < 1.29 is 28.0 Å². The molecular formula is C22H27N3O6S. The van der Waals surface area contributed by atoms with Crippen LogP contribution in [-0.4, -0.2) is 60.3 Å². The fraction of sp³-hybridized carbons (Fsp3) is 0.364. The number of benzene rings is 2. The SMILES string of the molecule is CC(=O)Nc1ccccc1OC1CCN(S(=O)(=O)CC(c2ccccc2)N(O)C=O)CC1. The molecule has 10 heteroatoms. The minimum Gasteiger partial charge on any atom is -0.488 e. The zero-order valence-corrected chi connectivity index (χ0v) is 18.6. The smallest absolute Gasteiger partial charge is 0.233 e. The molecule has 32 heavy (non-hydrogen) atoms. The van der Waals surface area contributed by atoms with Crippen LogP contribution in [0.15, 0.2) is 54.6 Å². The van der Waals surface area contributed by atoms with Gasteiger partial charge in [0, 0.05) is 20.0 Å². The monoisotopic (exact) mass is 461 g/mol. The molecule has 0 radical (unpaired) electrons. The van der Waals surface area contributed by atoms with Crippen molar-refractivity contribution in [3.8, 4) is 5.75 Å². The molecule has 1 unspecified atom stereocenters. The van der Waals surface area contributed by atoms with Crippen LogP contribution in [0.4, 0.5) is 5.69 Å². The van der Waals surface area contributed by atoms with Crippen molar-refractivity contribution in [1.29, 1.82) is 0 Å². The van der Waals surface area contributed by atoms with Gasteiger partial charge in [0.15, 0.2) is 0 Å². The number of sulfonamides is 1. The normalized spacial score (nSPS) is 16.2. The van der Waals surface area contributed by atoms with Crippen molar-refractivity contribution in [3.05, 3.63) is 60.2 Å². The second kappa shape index (κ2) is 10.6. The molecule has 1 aliphatic rings. The largest absolute Gasteiger partial charge is 0.488 e. The minimum atomic E-state index is -3.75. The lowest BCUT2D eigenvalue weighted by Crippen LogP contribution is -2.44. The number of amides is 2. The number of hydroxylamine groups is 2. The molecule has 1 fully saturated rings. The van der Waals surface area contributed by atoms with E-state index in [1.54, 1.807) is 54.6 Å². The van der Waals surface area contributed by atoms with Gasteiger partial charge in [0.05, 0.1) is 17.5 Å². The van der Waals surface area contributed by atoms with Gasteiger partial charge in [-0.05, 0) is 30.5 Å². The summed E-state index contributed by atoms with van der Waals surface area (Å²) in [4.78, 5) is 22.5. The lowest BCUT2D eigenvalue weighted by atomic mass is 10.1. The molecule has 0 spiro atoms. The third-order valence-corrected chi connectivity index (χ3v) is 7.15. The molecule has 2 amide bonds. The first-order chi connectivity index (χ1) is 15.3. The van der Waals surface area contributed by atoms with Crippen molar-refractivity contribution in [3.63, 3.8) is 0 Å². The molecule has 172 valence electrons. The number of piperidine rings is 1. The summed E-state index contributed by atoms with van der Waals surface area (Å²) in [5, 5.41) is 13.1. The van der Waals surface area contributed by atoms with E-state index < -0.39 is 21.8 Å². The molecule has 1 aliphatic heterocycles. The van der Waals surface area contributed by atoms with Gasteiger partial charge in [-0.25, -0.2) is 17.8 Å². The maximum absolute atomic E-state index is 13.0. The number of rotatable bonds is 9. The Hall–Kier alpha value is -2.95. The topological polar surface area (TPSA) is 116 Å². The number of hydrogen-bond acceptors (Lipinski definition) is 6. The molecule has 2 N–H and O–H groups in total. The van der Waals surface area contributed by atoms with Crippen molar-refractivity contribution >= 4 is 28.0 Å². The minimum absolute atomic E-state index is 0.203. The first-order valence-electron chi connectivity index (χ1n) is 10.3. The average molecular weight is 462 g/mol. The highest BCUT2D eigenvalue weighted by Gasteiger charge is 2.33. The molecule has 2 aromatic carbocycles. The van der Waals surface area contributed by atoms with Crippen molar-refractivity contribution in [2.45, 2.75) is 31.9 Å². The number of carbonyl (C=O) groups is 2. The van der Waals surface area contributed by atoms with E-state index in [4.69, 9.17) is 4.74 Å². The van der Waals surface area contributed by atoms with Crippen LogP contribution in [-0.2, 0) is 19.6 Å². The highest BCUT2D eigenvalue weighted by atomic mass is 32.2. The molecule has 9 nitrogen and oxygen atoms in total. The summed E-state index contributed by atoms with van der Waals surface area (Å²) in [5.74, 6) is -0.0957. The van der Waals surface area contributed by atoms with Gasteiger partial charge in [-0.1, -0.05) is 42.5 Å². The van der Waals surface area contributed by atoms with Gasteiger partial charge >= 0.3 is 0 Å². The molecule has 2 aromatic rings. The Morgan fingerprint density at radius 3 is 2.44 bits per heavy atom. The van der Waals surface area contributed by atoms with Crippen LogP contribution in [0.3, 0.4) is 0 Å². The highest BCUT2D eigenvalue weighted by Crippen LogP contribution is 2.29. The predicted molar refractivity (Wildman–Crippen MR) is 119 cm³/mol. The summed E-state index contributed by atoms with van der Waals surface area (Å²) in [6, 6.07) is 14.6. The third kappa shape index (κ3) is 6.06. The van der Waals surface area contributed by atoms with Gasteiger partial charge in [0.1, 0.15) is 11.9 Å². The fourth-order valence-corrected chi connectivity index (χ4v) is 5.37. The summed E-state index contributed by atoms with van der Waals surface area (Å²) >= 11 is 0. The summed E-state index contributed by atoms with van der Waals surface area (Å²) in [7, 11) is -3.75. The lowest BCUT2D eigenvalue weighted by molar-refractivity contribution is -0.159. The standard InChI is InChI=1S/C22H27N3O6S/c1-17(27)23-20-9-5-6-10-22(20)31-19-11-13-24(14-12-19)32(29,30)15-21(25(28)16-26)18-7-3-2-4-8-18/h2-10,16,19,21,28H,11-15H2,1H3,(H,23,27). The first kappa shape index (κ1) is 23.7. The zero-order chi connectivity index (χ0) is 23.1. The molecule has 1 heterocycles. The number of ether oxygens (including phenoxy) is 1. The number of para-hydroxylation sites is 2. The second-order valence-electron chi connectivity index (χ2n) is 7.58. The summed E-state index contributed by atoms with van der Waals surface area (Å²) in [6.45, 7) is 1.92. The highest BCUT2D eigenvalue weighted by molar-refractivity contribution is 7.89. The average Bonchev–Trinajstić information content (AvgIpc) is 2.79. The van der Waals surface area contributed by atoms with Gasteiger partial charge in [0.25, 0.3) is 0 Å². The van der Waals surface area contributed by atoms with E-state index in [1.165, 1.54) is 11.2 Å². The van der Waals surface area contributed by atoms with Gasteiger partial charge in [-0.15, -0.1) is 0 Å². The number of anilines is 1. The molecule has 1 atom stereocenters. The Kier molecular flexibility index (Phi) is 7.84. The maximum Gasteiger partial charge on any atom is 0.233 e. The Morgan fingerprint density at radius 1 is 1.19 bits per heavy atom. The van der Waals surface area contributed by atoms with Gasteiger partial charge < -0.3 is 10.1 Å². The molecule has 0 aliphatic carbocycles. The Balaban J connectivity index is 1.64. The van der Waals surface area contributed by atoms with Gasteiger partial charge in [-0.2, -0.15) is 0 Å². The maximum atomic E-state index is 13.0. The van der Waals surface area contributed by atoms with Crippen LogP contribution in [0, 0.1) is 0 Å². The Morgan fingerprint density at radius 2 is 1.81 bits per heavy atom. The fourth-order valence-electron chi connectivity index (χ4n) is 3.65. The van der Waals surface area contributed by atoms with Gasteiger partial charge in [0.2, 0.25) is 22.3 Å². The zero-order valence-electron chi connectivity index (χ0n) is 17.8. The summed E-state index contributed by atoms with van der Waals surface area (Å²) in [5.41, 5.74) is 1.09. The number of carbonyl (C=O) groups excluding carboxylic acids is 2. The number of hydrogen-bond donors (Lipinski definition) is 2. The number of nitrogens with one attached hydrogen (secondary N) is 1. The second-order valence-corrected chi connectivity index (χ2v) is 9.60. The van der Waals surface area contributed by atoms with Crippen LogP contribution in [0.5, 0.6) is 5.75 Å². The van der Waals surface area contributed by atoms with E-state index in [-0.39, 0.29) is 31.5 Å². The van der Waals surface area contributed by atoms with E-state index in [2.05, 4.69) is 5.32 Å². The van der Waals surface area contributed by atoms with E-state index in [9.17, 15) is 23.2 Å². The quantitative estimate of drug-likeness (QED) is 0.337. The third-order valence-electron chi connectivity index (χ3n) is 5.27. The molecule has 3 rings (SSSR count). The van der Waals surface area contributed by atoms with Crippen LogP contribution in [0.25, 0.3) is 0 Å². The van der Waals surface area contributed by atoms with E-state index >= 15 is 0 Å². The lowest BCUT2D eigenvalue weighted by Gasteiger charge is -2.33. The molecule has 1 saturated heterocycles. The first-order valence-corrected chi connectivity index (χ1v) is 11.9. The van der Waals surface area contributed by atoms with Crippen LogP contribution in [0.2, 0.25) is 0 Å². The molecule has 0 aromatic heterocycles. The van der Waals surface area contributed by atoms with E-state index in [0.29, 0.717) is 34.9 Å². The molecule has 0 saturated carbocycles. The van der Waals surface area contributed by atoms with E-state index in [1.807, 2.05) is 0 Å². The predicted octanol–water partition coefficient (Wildman–Crippen LogP) is 2.41. The number of nitrogens with zero attached hydrogens (tertiary/aromatic N) is 2. The Labute approximate surface area is 187 Å². The van der Waals surface area contributed by atoms with Crippen molar-refractivity contribution in [1.82, 2.24) is 9.37 Å². The molecular weight excluding hydrogens is 434 g/mol. The summed E-state index contributed by atoms with van der Waals surface area (Å²) < 4.78 is 33.4. The van der Waals surface area contributed by atoms with Gasteiger partial charge in [-0.3, -0.25) is 14.8 Å². The molecule has 0 bridgehead atoms. The van der Waals surface area contributed by atoms with Crippen molar-refractivity contribution in [2.24, 2.45) is 0 Å². The van der Waals surface area contributed by atoms with E-state index in [0.717, 1.165) is 0 Å². The van der Waals surface area contributed by atoms with Crippen LogP contribution in [0.1, 0.15) is 31.4 Å².